The smallest absolute Gasteiger partial charge is 0.253 e. The number of amides is 1. The van der Waals surface area contributed by atoms with Crippen LogP contribution >= 0.6 is 0 Å². The van der Waals surface area contributed by atoms with Crippen LogP contribution in [0, 0.1) is 0 Å². The molecule has 1 saturated heterocycles. The largest absolute Gasteiger partial charge is 0.496 e. The van der Waals surface area contributed by atoms with Crippen molar-refractivity contribution in [2.24, 2.45) is 0 Å². The molecule has 4 rings (SSSR count). The number of rotatable bonds is 5. The molecule has 0 unspecified atom stereocenters. The number of para-hydroxylation sites is 1. The minimum Gasteiger partial charge on any atom is -0.496 e. The molecule has 3 aromatic rings. The monoisotopic (exact) mass is 401 g/mol. The summed E-state index contributed by atoms with van der Waals surface area (Å²) < 4.78 is 5.46. The van der Waals surface area contributed by atoms with Crippen molar-refractivity contribution in [1.82, 2.24) is 9.80 Å². The van der Waals surface area contributed by atoms with Crippen molar-refractivity contribution in [2.75, 3.05) is 45.7 Å². The molecular weight excluding hydrogens is 374 g/mol. The van der Waals surface area contributed by atoms with Crippen LogP contribution in [0.5, 0.6) is 5.75 Å². The summed E-state index contributed by atoms with van der Waals surface area (Å²) in [6.45, 7) is 3.42. The highest BCUT2D eigenvalue weighted by molar-refractivity contribution is 5.94. The average molecular weight is 402 g/mol. The Kier molecular flexibility index (Phi) is 6.00. The van der Waals surface area contributed by atoms with Gasteiger partial charge in [0.15, 0.2) is 0 Å². The molecule has 30 heavy (non-hydrogen) atoms. The second-order valence-corrected chi connectivity index (χ2v) is 7.58. The molecule has 0 aliphatic carbocycles. The number of anilines is 2. The molecule has 0 atom stereocenters. The number of benzene rings is 3. The molecule has 1 fully saturated rings. The molecule has 0 bridgehead atoms. The highest BCUT2D eigenvalue weighted by Gasteiger charge is 2.20. The summed E-state index contributed by atoms with van der Waals surface area (Å²) in [7, 11) is 3.78. The zero-order valence-electron chi connectivity index (χ0n) is 17.5. The van der Waals surface area contributed by atoms with Crippen LogP contribution in [0.15, 0.2) is 72.8 Å². The van der Waals surface area contributed by atoms with Crippen LogP contribution in [0.4, 0.5) is 11.4 Å². The molecule has 0 spiro atoms. The van der Waals surface area contributed by atoms with Gasteiger partial charge in [-0.3, -0.25) is 4.79 Å². The van der Waals surface area contributed by atoms with Gasteiger partial charge in [0.1, 0.15) is 5.75 Å². The highest BCUT2D eigenvalue weighted by Crippen LogP contribution is 2.30. The van der Waals surface area contributed by atoms with E-state index in [0.717, 1.165) is 60.0 Å². The Morgan fingerprint density at radius 3 is 2.07 bits per heavy atom. The number of ether oxygens (including phenoxy) is 1. The number of methoxy groups -OCH3 is 1. The van der Waals surface area contributed by atoms with E-state index in [1.54, 1.807) is 7.11 Å². The van der Waals surface area contributed by atoms with Crippen molar-refractivity contribution in [3.8, 4) is 16.9 Å². The first-order valence-electron chi connectivity index (χ1n) is 10.2. The standard InChI is InChI=1S/C25H27N3O2/c1-27-15-17-28(18-16-27)25(29)20-9-13-22(14-10-20)26-21-11-7-19(8-12-21)23-5-3-4-6-24(23)30-2/h3-14,26H,15-18H2,1-2H3. The van der Waals surface area contributed by atoms with Crippen LogP contribution in [0.1, 0.15) is 10.4 Å². The third-order valence-corrected chi connectivity index (χ3v) is 5.51. The summed E-state index contributed by atoms with van der Waals surface area (Å²) in [6.07, 6.45) is 0. The molecule has 1 amide bonds. The summed E-state index contributed by atoms with van der Waals surface area (Å²) in [5.41, 5.74) is 4.85. The van der Waals surface area contributed by atoms with Gasteiger partial charge in [0.25, 0.3) is 5.91 Å². The van der Waals surface area contributed by atoms with E-state index in [9.17, 15) is 4.79 Å². The predicted octanol–water partition coefficient (Wildman–Crippen LogP) is 4.49. The lowest BCUT2D eigenvalue weighted by atomic mass is 10.0. The third-order valence-electron chi connectivity index (χ3n) is 5.51. The summed E-state index contributed by atoms with van der Waals surface area (Å²) in [4.78, 5) is 16.9. The van der Waals surface area contributed by atoms with Crippen LogP contribution in [-0.4, -0.2) is 56.0 Å². The van der Waals surface area contributed by atoms with Gasteiger partial charge in [-0.15, -0.1) is 0 Å². The fourth-order valence-corrected chi connectivity index (χ4v) is 3.67. The van der Waals surface area contributed by atoms with Gasteiger partial charge in [0.2, 0.25) is 0 Å². The minimum atomic E-state index is 0.107. The minimum absolute atomic E-state index is 0.107. The second-order valence-electron chi connectivity index (χ2n) is 7.58. The Balaban J connectivity index is 1.41. The SMILES string of the molecule is COc1ccccc1-c1ccc(Nc2ccc(C(=O)N3CCN(C)CC3)cc2)cc1. The topological polar surface area (TPSA) is 44.8 Å². The van der Waals surface area contributed by atoms with E-state index in [1.165, 1.54) is 0 Å². The molecule has 1 aliphatic heterocycles. The average Bonchev–Trinajstić information content (AvgIpc) is 2.80. The number of hydrogen-bond acceptors (Lipinski definition) is 4. The summed E-state index contributed by atoms with van der Waals surface area (Å²) in [6, 6.07) is 23.9. The Bertz CT molecular complexity index is 992. The van der Waals surface area contributed by atoms with Crippen LogP contribution < -0.4 is 10.1 Å². The van der Waals surface area contributed by atoms with Crippen LogP contribution in [0.25, 0.3) is 11.1 Å². The maximum Gasteiger partial charge on any atom is 0.253 e. The van der Waals surface area contributed by atoms with Gasteiger partial charge in [-0.05, 0) is 55.1 Å². The molecule has 5 heteroatoms. The lowest BCUT2D eigenvalue weighted by Crippen LogP contribution is -2.47. The molecule has 0 saturated carbocycles. The zero-order valence-corrected chi connectivity index (χ0v) is 17.5. The maximum absolute atomic E-state index is 12.7. The Morgan fingerprint density at radius 2 is 1.43 bits per heavy atom. The Morgan fingerprint density at radius 1 is 0.833 bits per heavy atom. The van der Waals surface area contributed by atoms with Crippen LogP contribution in [0.2, 0.25) is 0 Å². The van der Waals surface area contributed by atoms with Crippen molar-refractivity contribution in [3.05, 3.63) is 78.4 Å². The van der Waals surface area contributed by atoms with Crippen molar-refractivity contribution < 1.29 is 9.53 Å². The van der Waals surface area contributed by atoms with E-state index in [1.807, 2.05) is 59.5 Å². The van der Waals surface area contributed by atoms with Crippen molar-refractivity contribution in [3.63, 3.8) is 0 Å². The molecule has 0 aromatic heterocycles. The first kappa shape index (κ1) is 20.0. The summed E-state index contributed by atoms with van der Waals surface area (Å²) in [5, 5.41) is 3.40. The van der Waals surface area contributed by atoms with Gasteiger partial charge in [-0.25, -0.2) is 0 Å². The van der Waals surface area contributed by atoms with E-state index in [0.29, 0.717) is 0 Å². The number of hydrogen-bond donors (Lipinski definition) is 1. The van der Waals surface area contributed by atoms with E-state index in [-0.39, 0.29) is 5.91 Å². The van der Waals surface area contributed by atoms with E-state index >= 15 is 0 Å². The van der Waals surface area contributed by atoms with Crippen molar-refractivity contribution in [2.45, 2.75) is 0 Å². The molecule has 1 N–H and O–H groups in total. The number of likely N-dealkylation sites (N-methyl/N-ethyl adjacent to an activating group) is 1. The number of carbonyl (C=O) groups is 1. The molecular formula is C25H27N3O2. The predicted molar refractivity (Wildman–Crippen MR) is 122 cm³/mol. The number of nitrogens with zero attached hydrogens (tertiary/aromatic N) is 2. The summed E-state index contributed by atoms with van der Waals surface area (Å²) in [5.74, 6) is 0.967. The zero-order chi connectivity index (χ0) is 20.9. The van der Waals surface area contributed by atoms with Gasteiger partial charge in [0, 0.05) is 48.7 Å². The van der Waals surface area contributed by atoms with Gasteiger partial charge in [-0.2, -0.15) is 0 Å². The molecule has 1 aliphatic rings. The molecule has 3 aromatic carbocycles. The molecule has 0 radical (unpaired) electrons. The van der Waals surface area contributed by atoms with E-state index in [4.69, 9.17) is 4.74 Å². The van der Waals surface area contributed by atoms with Crippen molar-refractivity contribution in [1.29, 1.82) is 0 Å². The van der Waals surface area contributed by atoms with Gasteiger partial charge < -0.3 is 19.9 Å². The number of piperazine rings is 1. The number of carbonyl (C=O) groups excluding carboxylic acids is 1. The Labute approximate surface area is 177 Å². The highest BCUT2D eigenvalue weighted by atomic mass is 16.5. The normalized spacial score (nSPS) is 14.4. The second kappa shape index (κ2) is 9.01. The first-order valence-corrected chi connectivity index (χ1v) is 10.2. The molecule has 154 valence electrons. The first-order chi connectivity index (χ1) is 14.6. The summed E-state index contributed by atoms with van der Waals surface area (Å²) >= 11 is 0. The number of nitrogens with one attached hydrogen (secondary N) is 1. The van der Waals surface area contributed by atoms with Gasteiger partial charge in [-0.1, -0.05) is 30.3 Å². The van der Waals surface area contributed by atoms with Crippen LogP contribution in [0.3, 0.4) is 0 Å². The van der Waals surface area contributed by atoms with Gasteiger partial charge >= 0.3 is 0 Å². The fraction of sp³-hybridized carbons (Fsp3) is 0.240. The Hall–Kier alpha value is -3.31. The lowest BCUT2D eigenvalue weighted by Gasteiger charge is -2.32. The fourth-order valence-electron chi connectivity index (χ4n) is 3.67. The maximum atomic E-state index is 12.7. The quantitative estimate of drug-likeness (QED) is 0.684. The van der Waals surface area contributed by atoms with Crippen molar-refractivity contribution >= 4 is 17.3 Å². The van der Waals surface area contributed by atoms with Crippen LogP contribution in [-0.2, 0) is 0 Å². The molecule has 5 nitrogen and oxygen atoms in total. The lowest BCUT2D eigenvalue weighted by molar-refractivity contribution is 0.0664. The van der Waals surface area contributed by atoms with E-state index < -0.39 is 0 Å². The van der Waals surface area contributed by atoms with E-state index in [2.05, 4.69) is 35.5 Å². The third kappa shape index (κ3) is 4.47. The van der Waals surface area contributed by atoms with Gasteiger partial charge in [0.05, 0.1) is 7.11 Å². The molecule has 1 heterocycles.